The van der Waals surface area contributed by atoms with Gasteiger partial charge >= 0.3 is 0 Å². The number of pyridine rings is 1. The second kappa shape index (κ2) is 7.48. The number of rotatable bonds is 6. The number of nitrogens with one attached hydrogen (secondary N) is 1. The van der Waals surface area contributed by atoms with Gasteiger partial charge in [-0.1, -0.05) is 0 Å². The van der Waals surface area contributed by atoms with Gasteiger partial charge in [0, 0.05) is 23.3 Å². The van der Waals surface area contributed by atoms with Crippen LogP contribution in [0.3, 0.4) is 0 Å². The van der Waals surface area contributed by atoms with Gasteiger partial charge in [-0.05, 0) is 61.9 Å². The van der Waals surface area contributed by atoms with E-state index in [2.05, 4.69) is 52.0 Å². The summed E-state index contributed by atoms with van der Waals surface area (Å²) in [6.45, 7) is 5.95. The zero-order valence-corrected chi connectivity index (χ0v) is 12.7. The van der Waals surface area contributed by atoms with Gasteiger partial charge in [0.2, 0.25) is 0 Å². The molecule has 1 rings (SSSR count). The van der Waals surface area contributed by atoms with Crippen molar-refractivity contribution < 1.29 is 4.79 Å². The van der Waals surface area contributed by atoms with E-state index in [9.17, 15) is 4.79 Å². The molecule has 0 bridgehead atoms. The van der Waals surface area contributed by atoms with Crippen molar-refractivity contribution in [1.82, 2.24) is 15.2 Å². The molecule has 0 spiro atoms. The minimum Gasteiger partial charge on any atom is -0.351 e. The first-order valence-corrected chi connectivity index (χ1v) is 6.90. The van der Waals surface area contributed by atoms with Crippen LogP contribution < -0.4 is 5.32 Å². The van der Waals surface area contributed by atoms with Crippen LogP contribution in [0.4, 0.5) is 0 Å². The molecule has 0 radical (unpaired) electrons. The number of hydrogen-bond donors (Lipinski definition) is 1. The number of halogens is 1. The molecule has 0 aliphatic heterocycles. The Hall–Kier alpha value is -0.940. The summed E-state index contributed by atoms with van der Waals surface area (Å²) >= 11 is 3.32. The van der Waals surface area contributed by atoms with E-state index in [-0.39, 0.29) is 5.91 Å². The molecule has 5 heteroatoms. The second-order valence-corrected chi connectivity index (χ2v) is 5.37. The molecule has 0 aliphatic rings. The predicted octanol–water partition coefficient (Wildman–Crippen LogP) is 2.30. The number of nitrogens with zero attached hydrogens (tertiary/aromatic N) is 2. The molecule has 4 nitrogen and oxygen atoms in total. The summed E-state index contributed by atoms with van der Waals surface area (Å²) in [4.78, 5) is 18.1. The fourth-order valence-electron chi connectivity index (χ4n) is 1.43. The maximum Gasteiger partial charge on any atom is 0.271 e. The molecule has 0 saturated heterocycles. The van der Waals surface area contributed by atoms with Crippen molar-refractivity contribution in [3.63, 3.8) is 0 Å². The van der Waals surface area contributed by atoms with Crippen LogP contribution in [0, 0.1) is 0 Å². The average Bonchev–Trinajstić information content (AvgIpc) is 2.34. The molecular weight excluding hydrogens is 294 g/mol. The van der Waals surface area contributed by atoms with E-state index in [0.717, 1.165) is 17.4 Å². The number of carbonyl (C=O) groups is 1. The van der Waals surface area contributed by atoms with Crippen molar-refractivity contribution >= 4 is 21.8 Å². The zero-order chi connectivity index (χ0) is 13.5. The number of carbonyl (C=O) groups excluding carboxylic acids is 1. The Kier molecular flexibility index (Phi) is 6.29. The molecule has 1 N–H and O–H groups in total. The van der Waals surface area contributed by atoms with E-state index in [0.29, 0.717) is 18.3 Å². The molecular formula is C13H20BrN3O. The minimum atomic E-state index is -0.130. The fourth-order valence-corrected chi connectivity index (χ4v) is 1.86. The van der Waals surface area contributed by atoms with Crippen LogP contribution in [0.2, 0.25) is 0 Å². The normalized spacial score (nSPS) is 11.0. The summed E-state index contributed by atoms with van der Waals surface area (Å²) < 4.78 is 0.724. The molecule has 0 aromatic carbocycles. The Morgan fingerprint density at radius 2 is 2.28 bits per heavy atom. The molecule has 1 heterocycles. The smallest absolute Gasteiger partial charge is 0.271 e. The lowest BCUT2D eigenvalue weighted by Gasteiger charge is -2.20. The molecule has 0 fully saturated rings. The highest BCUT2D eigenvalue weighted by molar-refractivity contribution is 9.10. The Morgan fingerprint density at radius 1 is 1.56 bits per heavy atom. The summed E-state index contributed by atoms with van der Waals surface area (Å²) in [5.41, 5.74) is 0.440. The first kappa shape index (κ1) is 15.1. The maximum absolute atomic E-state index is 11.8. The molecule has 0 aliphatic carbocycles. The van der Waals surface area contributed by atoms with Crippen LogP contribution >= 0.6 is 15.9 Å². The van der Waals surface area contributed by atoms with Crippen LogP contribution in [0.25, 0.3) is 0 Å². The first-order chi connectivity index (χ1) is 8.52. The third kappa shape index (κ3) is 4.74. The lowest BCUT2D eigenvalue weighted by Crippen LogP contribution is -2.31. The van der Waals surface area contributed by atoms with E-state index in [1.54, 1.807) is 12.3 Å². The minimum absolute atomic E-state index is 0.130. The quantitative estimate of drug-likeness (QED) is 0.820. The van der Waals surface area contributed by atoms with E-state index < -0.39 is 0 Å². The highest BCUT2D eigenvalue weighted by atomic mass is 79.9. The van der Waals surface area contributed by atoms with Gasteiger partial charge in [-0.25, -0.2) is 4.98 Å². The zero-order valence-electron chi connectivity index (χ0n) is 11.1. The topological polar surface area (TPSA) is 45.2 Å². The molecule has 0 saturated carbocycles. The van der Waals surface area contributed by atoms with Crippen molar-refractivity contribution in [3.05, 3.63) is 28.5 Å². The van der Waals surface area contributed by atoms with Crippen molar-refractivity contribution in [2.75, 3.05) is 20.1 Å². The fraction of sp³-hybridized carbons (Fsp3) is 0.538. The average molecular weight is 314 g/mol. The number of amides is 1. The van der Waals surface area contributed by atoms with Gasteiger partial charge in [0.1, 0.15) is 5.69 Å². The van der Waals surface area contributed by atoms with Gasteiger partial charge in [0.15, 0.2) is 0 Å². The third-order valence-electron chi connectivity index (χ3n) is 2.83. The molecule has 18 heavy (non-hydrogen) atoms. The van der Waals surface area contributed by atoms with Crippen LogP contribution in [0.5, 0.6) is 0 Å². The van der Waals surface area contributed by atoms with Crippen molar-refractivity contribution in [3.8, 4) is 0 Å². The molecule has 0 unspecified atom stereocenters. The van der Waals surface area contributed by atoms with Gasteiger partial charge in [0.25, 0.3) is 5.91 Å². The summed E-state index contributed by atoms with van der Waals surface area (Å²) in [5.74, 6) is -0.130. The summed E-state index contributed by atoms with van der Waals surface area (Å²) in [7, 11) is 2.09. The monoisotopic (exact) mass is 313 g/mol. The van der Waals surface area contributed by atoms with Crippen molar-refractivity contribution in [1.29, 1.82) is 0 Å². The maximum atomic E-state index is 11.8. The van der Waals surface area contributed by atoms with Crippen LogP contribution in [-0.2, 0) is 0 Å². The van der Waals surface area contributed by atoms with Crippen LogP contribution in [0.1, 0.15) is 30.8 Å². The molecule has 100 valence electrons. The predicted molar refractivity (Wildman–Crippen MR) is 76.7 cm³/mol. The van der Waals surface area contributed by atoms with Gasteiger partial charge in [-0.2, -0.15) is 0 Å². The van der Waals surface area contributed by atoms with Crippen LogP contribution in [0.15, 0.2) is 22.8 Å². The Bertz CT molecular complexity index is 396. The van der Waals surface area contributed by atoms with E-state index in [4.69, 9.17) is 0 Å². The third-order valence-corrected chi connectivity index (χ3v) is 3.47. The second-order valence-electron chi connectivity index (χ2n) is 4.52. The number of aromatic nitrogens is 1. The lowest BCUT2D eigenvalue weighted by atomic mass is 10.3. The lowest BCUT2D eigenvalue weighted by molar-refractivity contribution is 0.0946. The van der Waals surface area contributed by atoms with Crippen molar-refractivity contribution in [2.24, 2.45) is 0 Å². The molecule has 1 amide bonds. The molecule has 0 atom stereocenters. The Balaban J connectivity index is 2.32. The van der Waals surface area contributed by atoms with Crippen LogP contribution in [-0.4, -0.2) is 42.0 Å². The SMILES string of the molecule is CC(C)N(C)CCCNC(=O)c1ncccc1Br. The standard InChI is InChI=1S/C13H20BrN3O/c1-10(2)17(3)9-5-8-16-13(18)12-11(14)6-4-7-15-12/h4,6-7,10H,5,8-9H2,1-3H3,(H,16,18). The molecule has 1 aromatic heterocycles. The van der Waals surface area contributed by atoms with Gasteiger partial charge in [0.05, 0.1) is 0 Å². The van der Waals surface area contributed by atoms with Gasteiger partial charge in [-0.15, -0.1) is 0 Å². The Morgan fingerprint density at radius 3 is 2.89 bits per heavy atom. The van der Waals surface area contributed by atoms with E-state index in [1.807, 2.05) is 6.07 Å². The summed E-state index contributed by atoms with van der Waals surface area (Å²) in [6, 6.07) is 4.14. The highest BCUT2D eigenvalue weighted by Crippen LogP contribution is 2.12. The summed E-state index contributed by atoms with van der Waals surface area (Å²) in [5, 5.41) is 2.88. The largest absolute Gasteiger partial charge is 0.351 e. The Labute approximate surface area is 117 Å². The highest BCUT2D eigenvalue weighted by Gasteiger charge is 2.10. The first-order valence-electron chi connectivity index (χ1n) is 6.11. The van der Waals surface area contributed by atoms with E-state index in [1.165, 1.54) is 0 Å². The summed E-state index contributed by atoms with van der Waals surface area (Å²) in [6.07, 6.45) is 2.55. The van der Waals surface area contributed by atoms with Gasteiger partial charge < -0.3 is 10.2 Å². The van der Waals surface area contributed by atoms with Crippen molar-refractivity contribution in [2.45, 2.75) is 26.3 Å². The van der Waals surface area contributed by atoms with Gasteiger partial charge in [-0.3, -0.25) is 4.79 Å². The van der Waals surface area contributed by atoms with E-state index >= 15 is 0 Å². The number of hydrogen-bond acceptors (Lipinski definition) is 3. The molecule has 1 aromatic rings.